The molecule has 2 rings (SSSR count). The van der Waals surface area contributed by atoms with Crippen molar-refractivity contribution in [2.75, 3.05) is 11.9 Å². The summed E-state index contributed by atoms with van der Waals surface area (Å²) in [7, 11) is 0. The van der Waals surface area contributed by atoms with E-state index < -0.39 is 0 Å². The molecule has 0 saturated carbocycles. The molecule has 0 saturated heterocycles. The lowest BCUT2D eigenvalue weighted by Gasteiger charge is -2.20. The zero-order valence-corrected chi connectivity index (χ0v) is 9.25. The van der Waals surface area contributed by atoms with Crippen LogP contribution in [0.5, 0.6) is 0 Å². The van der Waals surface area contributed by atoms with Crippen LogP contribution in [0.25, 0.3) is 0 Å². The number of amides is 1. The lowest BCUT2D eigenvalue weighted by Crippen LogP contribution is -2.25. The zero-order chi connectivity index (χ0) is 11.4. The summed E-state index contributed by atoms with van der Waals surface area (Å²) in [5.74, 6) is -0.00558. The second-order valence-electron chi connectivity index (χ2n) is 3.91. The van der Waals surface area contributed by atoms with Gasteiger partial charge < -0.3 is 10.6 Å². The van der Waals surface area contributed by atoms with Gasteiger partial charge in [-0.15, -0.1) is 6.58 Å². The molecule has 16 heavy (non-hydrogen) atoms. The van der Waals surface area contributed by atoms with Gasteiger partial charge in [0.1, 0.15) is 0 Å². The molecule has 0 unspecified atom stereocenters. The van der Waals surface area contributed by atoms with Gasteiger partial charge in [-0.05, 0) is 30.2 Å². The average Bonchev–Trinajstić information content (AvgIpc) is 2.30. The Hall–Kier alpha value is -1.61. The van der Waals surface area contributed by atoms with E-state index >= 15 is 0 Å². The molecule has 3 nitrogen and oxygen atoms in total. The van der Waals surface area contributed by atoms with Crippen molar-refractivity contribution in [2.24, 2.45) is 0 Å². The molecule has 2 N–H and O–H groups in total. The fourth-order valence-corrected chi connectivity index (χ4v) is 1.96. The number of hydrogen-bond donors (Lipinski definition) is 2. The molecule has 0 spiro atoms. The Bertz CT molecular complexity index is 412. The molecule has 1 aromatic carbocycles. The minimum absolute atomic E-state index is 0.00558. The van der Waals surface area contributed by atoms with Gasteiger partial charge >= 0.3 is 0 Å². The largest absolute Gasteiger partial charge is 0.326 e. The smallest absolute Gasteiger partial charge is 0.228 e. The van der Waals surface area contributed by atoms with Crippen LogP contribution in [-0.2, 0) is 17.8 Å². The number of rotatable bonds is 3. The zero-order valence-electron chi connectivity index (χ0n) is 9.25. The van der Waals surface area contributed by atoms with Crippen molar-refractivity contribution >= 4 is 11.6 Å². The standard InChI is InChI=1S/C13H16N2O/c1-2-4-13(16)15-12-6-3-5-10-7-8-14-9-11(10)12/h2-3,5-6,14H,1,4,7-9H2,(H,15,16). The van der Waals surface area contributed by atoms with Crippen molar-refractivity contribution in [1.82, 2.24) is 5.32 Å². The number of carbonyl (C=O) groups excluding carboxylic acids is 1. The summed E-state index contributed by atoms with van der Waals surface area (Å²) in [6, 6.07) is 6.07. The first-order valence-electron chi connectivity index (χ1n) is 5.53. The lowest BCUT2D eigenvalue weighted by molar-refractivity contribution is -0.115. The predicted molar refractivity (Wildman–Crippen MR) is 65.3 cm³/mol. The maximum absolute atomic E-state index is 11.5. The molecular weight excluding hydrogens is 200 g/mol. The Morgan fingerprint density at radius 2 is 2.44 bits per heavy atom. The monoisotopic (exact) mass is 216 g/mol. The van der Waals surface area contributed by atoms with Crippen LogP contribution in [0, 0.1) is 0 Å². The van der Waals surface area contributed by atoms with E-state index in [1.807, 2.05) is 12.1 Å². The van der Waals surface area contributed by atoms with Crippen molar-refractivity contribution in [2.45, 2.75) is 19.4 Å². The minimum atomic E-state index is -0.00558. The van der Waals surface area contributed by atoms with Crippen molar-refractivity contribution in [3.05, 3.63) is 42.0 Å². The maximum atomic E-state index is 11.5. The van der Waals surface area contributed by atoms with E-state index in [9.17, 15) is 4.79 Å². The molecule has 1 heterocycles. The van der Waals surface area contributed by atoms with Gasteiger partial charge in [-0.3, -0.25) is 4.79 Å². The number of benzene rings is 1. The average molecular weight is 216 g/mol. The molecule has 1 amide bonds. The maximum Gasteiger partial charge on any atom is 0.228 e. The molecule has 1 aliphatic heterocycles. The fraction of sp³-hybridized carbons (Fsp3) is 0.308. The second-order valence-corrected chi connectivity index (χ2v) is 3.91. The SMILES string of the molecule is C=CCC(=O)Nc1cccc2c1CNCC2. The second kappa shape index (κ2) is 4.94. The van der Waals surface area contributed by atoms with Crippen molar-refractivity contribution < 1.29 is 4.79 Å². The van der Waals surface area contributed by atoms with Crippen LogP contribution < -0.4 is 10.6 Å². The van der Waals surface area contributed by atoms with Crippen LogP contribution in [0.3, 0.4) is 0 Å². The normalized spacial score (nSPS) is 14.0. The molecule has 0 atom stereocenters. The van der Waals surface area contributed by atoms with Gasteiger partial charge in [-0.2, -0.15) is 0 Å². The van der Waals surface area contributed by atoms with E-state index in [1.165, 1.54) is 11.1 Å². The first kappa shape index (κ1) is 10.9. The highest BCUT2D eigenvalue weighted by molar-refractivity contribution is 5.92. The fourth-order valence-electron chi connectivity index (χ4n) is 1.96. The molecule has 0 radical (unpaired) electrons. The molecule has 0 aliphatic carbocycles. The van der Waals surface area contributed by atoms with Crippen LogP contribution in [-0.4, -0.2) is 12.5 Å². The van der Waals surface area contributed by atoms with E-state index in [-0.39, 0.29) is 5.91 Å². The Labute approximate surface area is 95.6 Å². The van der Waals surface area contributed by atoms with Crippen molar-refractivity contribution in [3.63, 3.8) is 0 Å². The number of fused-ring (bicyclic) bond motifs is 1. The summed E-state index contributed by atoms with van der Waals surface area (Å²) in [6.45, 7) is 5.40. The van der Waals surface area contributed by atoms with E-state index in [0.29, 0.717) is 6.42 Å². The number of nitrogens with one attached hydrogen (secondary N) is 2. The highest BCUT2D eigenvalue weighted by Crippen LogP contribution is 2.22. The van der Waals surface area contributed by atoms with Gasteiger partial charge in [0.2, 0.25) is 5.91 Å². The van der Waals surface area contributed by atoms with E-state index in [2.05, 4.69) is 23.3 Å². The van der Waals surface area contributed by atoms with E-state index in [0.717, 1.165) is 25.2 Å². The molecule has 0 fully saturated rings. The summed E-state index contributed by atoms with van der Waals surface area (Å²) in [6.07, 6.45) is 3.00. The highest BCUT2D eigenvalue weighted by Gasteiger charge is 2.13. The Balaban J connectivity index is 2.20. The molecular formula is C13H16N2O. The summed E-state index contributed by atoms with van der Waals surface area (Å²) in [5, 5.41) is 6.24. The summed E-state index contributed by atoms with van der Waals surface area (Å²) in [5.41, 5.74) is 3.47. The van der Waals surface area contributed by atoms with Gasteiger partial charge in [-0.1, -0.05) is 18.2 Å². The van der Waals surface area contributed by atoms with E-state index in [1.54, 1.807) is 6.08 Å². The first-order chi connectivity index (χ1) is 7.81. The van der Waals surface area contributed by atoms with Gasteiger partial charge in [-0.25, -0.2) is 0 Å². The minimum Gasteiger partial charge on any atom is -0.326 e. The van der Waals surface area contributed by atoms with Gasteiger partial charge in [0.25, 0.3) is 0 Å². The third-order valence-electron chi connectivity index (χ3n) is 2.75. The summed E-state index contributed by atoms with van der Waals surface area (Å²) >= 11 is 0. The molecule has 3 heteroatoms. The van der Waals surface area contributed by atoms with Crippen LogP contribution in [0.15, 0.2) is 30.9 Å². The van der Waals surface area contributed by atoms with Crippen molar-refractivity contribution in [3.8, 4) is 0 Å². The van der Waals surface area contributed by atoms with Crippen LogP contribution >= 0.6 is 0 Å². The summed E-state index contributed by atoms with van der Waals surface area (Å²) in [4.78, 5) is 11.5. The molecule has 0 bridgehead atoms. The van der Waals surface area contributed by atoms with Gasteiger partial charge in [0.05, 0.1) is 0 Å². The summed E-state index contributed by atoms with van der Waals surface area (Å²) < 4.78 is 0. The van der Waals surface area contributed by atoms with E-state index in [4.69, 9.17) is 0 Å². The third kappa shape index (κ3) is 2.31. The van der Waals surface area contributed by atoms with Gasteiger partial charge in [0.15, 0.2) is 0 Å². The van der Waals surface area contributed by atoms with Gasteiger partial charge in [0, 0.05) is 18.7 Å². The van der Waals surface area contributed by atoms with Crippen LogP contribution in [0.1, 0.15) is 17.5 Å². The Morgan fingerprint density at radius 3 is 3.25 bits per heavy atom. The Kier molecular flexibility index (Phi) is 3.37. The molecule has 1 aromatic rings. The third-order valence-corrected chi connectivity index (χ3v) is 2.75. The molecule has 1 aliphatic rings. The number of carbonyl (C=O) groups is 1. The Morgan fingerprint density at radius 1 is 1.56 bits per heavy atom. The predicted octanol–water partition coefficient (Wildman–Crippen LogP) is 1.85. The molecule has 0 aromatic heterocycles. The quantitative estimate of drug-likeness (QED) is 0.757. The topological polar surface area (TPSA) is 41.1 Å². The van der Waals surface area contributed by atoms with Crippen LogP contribution in [0.4, 0.5) is 5.69 Å². The lowest BCUT2D eigenvalue weighted by atomic mass is 9.99. The highest BCUT2D eigenvalue weighted by atomic mass is 16.1. The number of hydrogen-bond acceptors (Lipinski definition) is 2. The molecule has 84 valence electrons. The number of anilines is 1. The first-order valence-corrected chi connectivity index (χ1v) is 5.53. The van der Waals surface area contributed by atoms with Crippen LogP contribution in [0.2, 0.25) is 0 Å². The van der Waals surface area contributed by atoms with Crippen molar-refractivity contribution in [1.29, 1.82) is 0 Å².